The summed E-state index contributed by atoms with van der Waals surface area (Å²) in [6, 6.07) is 18.1. The number of hydrogen-bond acceptors (Lipinski definition) is 6. The molecule has 0 spiro atoms. The van der Waals surface area contributed by atoms with E-state index in [-0.39, 0.29) is 5.91 Å². The Balaban J connectivity index is 1.11. The molecule has 1 fully saturated rings. The van der Waals surface area contributed by atoms with Crippen LogP contribution >= 0.6 is 0 Å². The van der Waals surface area contributed by atoms with E-state index in [0.717, 1.165) is 55.0 Å². The van der Waals surface area contributed by atoms with Gasteiger partial charge in [-0.05, 0) is 43.9 Å². The lowest BCUT2D eigenvalue weighted by Crippen LogP contribution is -2.39. The van der Waals surface area contributed by atoms with Crippen molar-refractivity contribution in [1.82, 2.24) is 29.8 Å². The minimum Gasteiger partial charge on any atom is -0.343 e. The number of likely N-dealkylation sites (tertiary alicyclic amines) is 1. The summed E-state index contributed by atoms with van der Waals surface area (Å²) in [4.78, 5) is 19.2. The predicted octanol–water partition coefficient (Wildman–Crippen LogP) is 4.04. The minimum absolute atomic E-state index is 0.140. The van der Waals surface area contributed by atoms with Crippen LogP contribution in [0.5, 0.6) is 0 Å². The smallest absolute Gasteiger partial charge is 0.227 e. The summed E-state index contributed by atoms with van der Waals surface area (Å²) < 4.78 is 7.42. The van der Waals surface area contributed by atoms with Crippen LogP contribution in [0.4, 0.5) is 0 Å². The van der Waals surface area contributed by atoms with E-state index in [9.17, 15) is 4.79 Å². The van der Waals surface area contributed by atoms with Crippen molar-refractivity contribution < 1.29 is 9.32 Å². The normalized spacial score (nSPS) is 14.4. The number of piperidine rings is 1. The third kappa shape index (κ3) is 5.06. The molecule has 0 bridgehead atoms. The van der Waals surface area contributed by atoms with Gasteiger partial charge in [0.15, 0.2) is 0 Å². The maximum atomic E-state index is 12.8. The fourth-order valence-electron chi connectivity index (χ4n) is 4.48. The van der Waals surface area contributed by atoms with Gasteiger partial charge in [0.1, 0.15) is 12.2 Å². The monoisotopic (exact) mass is 456 g/mol. The molecule has 1 aliphatic rings. The van der Waals surface area contributed by atoms with Crippen LogP contribution in [-0.2, 0) is 17.6 Å². The molecule has 0 saturated carbocycles. The Bertz CT molecular complexity index is 1240. The van der Waals surface area contributed by atoms with Gasteiger partial charge in [0.25, 0.3) is 0 Å². The molecule has 8 heteroatoms. The highest BCUT2D eigenvalue weighted by Gasteiger charge is 2.25. The number of para-hydroxylation sites is 1. The third-order valence-corrected chi connectivity index (χ3v) is 6.39. The summed E-state index contributed by atoms with van der Waals surface area (Å²) in [7, 11) is 0. The standard InChI is InChI=1S/C26H28N6O2/c1-19-6-5-7-21(16-19)26-28-24(34-30-26)10-11-25(33)31-14-12-20(13-15-31)17-23-29-27-18-32(23)22-8-3-2-4-9-22/h2-9,16,18,20H,10-15,17H2,1H3. The molecule has 0 radical (unpaired) electrons. The summed E-state index contributed by atoms with van der Waals surface area (Å²) in [5, 5.41) is 12.5. The lowest BCUT2D eigenvalue weighted by molar-refractivity contribution is -0.132. The Hall–Kier alpha value is -3.81. The average molecular weight is 457 g/mol. The molecule has 1 aliphatic heterocycles. The number of carbonyl (C=O) groups is 1. The molecular weight excluding hydrogens is 428 g/mol. The van der Waals surface area contributed by atoms with E-state index >= 15 is 0 Å². The quantitative estimate of drug-likeness (QED) is 0.417. The first-order valence-electron chi connectivity index (χ1n) is 11.8. The van der Waals surface area contributed by atoms with Crippen LogP contribution in [0.25, 0.3) is 17.1 Å². The number of amides is 1. The highest BCUT2D eigenvalue weighted by molar-refractivity contribution is 5.76. The van der Waals surface area contributed by atoms with Crippen molar-refractivity contribution in [3.05, 3.63) is 78.2 Å². The van der Waals surface area contributed by atoms with Gasteiger partial charge in [-0.15, -0.1) is 10.2 Å². The number of aromatic nitrogens is 5. The van der Waals surface area contributed by atoms with Crippen molar-refractivity contribution in [3.8, 4) is 17.1 Å². The van der Waals surface area contributed by atoms with Gasteiger partial charge in [-0.1, -0.05) is 47.1 Å². The minimum atomic E-state index is 0.140. The number of carbonyl (C=O) groups excluding carboxylic acids is 1. The third-order valence-electron chi connectivity index (χ3n) is 6.39. The average Bonchev–Trinajstić information content (AvgIpc) is 3.53. The van der Waals surface area contributed by atoms with Gasteiger partial charge in [0.05, 0.1) is 0 Å². The molecule has 0 N–H and O–H groups in total. The maximum Gasteiger partial charge on any atom is 0.227 e. The molecular formula is C26H28N6O2. The van der Waals surface area contributed by atoms with Crippen molar-refractivity contribution in [2.45, 2.75) is 39.0 Å². The Morgan fingerprint density at radius 3 is 2.71 bits per heavy atom. The van der Waals surface area contributed by atoms with Gasteiger partial charge in [-0.25, -0.2) is 0 Å². The number of benzene rings is 2. The molecule has 2 aromatic carbocycles. The first-order valence-corrected chi connectivity index (χ1v) is 11.8. The molecule has 0 unspecified atom stereocenters. The molecule has 174 valence electrons. The summed E-state index contributed by atoms with van der Waals surface area (Å²) in [5.74, 6) is 2.66. The number of rotatable bonds is 7. The Kier molecular flexibility index (Phi) is 6.46. The van der Waals surface area contributed by atoms with E-state index in [1.807, 2.05) is 58.9 Å². The lowest BCUT2D eigenvalue weighted by Gasteiger charge is -2.32. The van der Waals surface area contributed by atoms with Gasteiger partial charge in [0.2, 0.25) is 17.6 Å². The van der Waals surface area contributed by atoms with Crippen LogP contribution in [0, 0.1) is 12.8 Å². The molecule has 4 aromatic rings. The lowest BCUT2D eigenvalue weighted by atomic mass is 9.93. The van der Waals surface area contributed by atoms with E-state index in [1.54, 1.807) is 6.33 Å². The highest BCUT2D eigenvalue weighted by Crippen LogP contribution is 2.23. The molecule has 0 aliphatic carbocycles. The van der Waals surface area contributed by atoms with Gasteiger partial charge >= 0.3 is 0 Å². The Labute approximate surface area is 198 Å². The fourth-order valence-corrected chi connectivity index (χ4v) is 4.48. The van der Waals surface area contributed by atoms with E-state index in [1.165, 1.54) is 0 Å². The van der Waals surface area contributed by atoms with Crippen LogP contribution in [0.15, 0.2) is 65.4 Å². The first kappa shape index (κ1) is 22.0. The summed E-state index contributed by atoms with van der Waals surface area (Å²) in [6.07, 6.45) is 5.39. The molecule has 34 heavy (non-hydrogen) atoms. The van der Waals surface area contributed by atoms with Crippen molar-refractivity contribution in [2.75, 3.05) is 13.1 Å². The SMILES string of the molecule is Cc1cccc(-c2noc(CCC(=O)N3CCC(Cc4nncn4-c4ccccc4)CC3)n2)c1. The molecule has 5 rings (SSSR count). The second kappa shape index (κ2) is 9.99. The zero-order valence-corrected chi connectivity index (χ0v) is 19.3. The van der Waals surface area contributed by atoms with Crippen molar-refractivity contribution in [3.63, 3.8) is 0 Å². The van der Waals surface area contributed by atoms with Crippen LogP contribution in [-0.4, -0.2) is 48.8 Å². The van der Waals surface area contributed by atoms with Crippen LogP contribution in [0.1, 0.15) is 36.5 Å². The maximum absolute atomic E-state index is 12.8. The van der Waals surface area contributed by atoms with E-state index in [2.05, 4.69) is 32.5 Å². The van der Waals surface area contributed by atoms with Crippen LogP contribution in [0.2, 0.25) is 0 Å². The van der Waals surface area contributed by atoms with E-state index < -0.39 is 0 Å². The van der Waals surface area contributed by atoms with Gasteiger partial charge in [-0.3, -0.25) is 9.36 Å². The molecule has 8 nitrogen and oxygen atoms in total. The highest BCUT2D eigenvalue weighted by atomic mass is 16.5. The molecule has 1 amide bonds. The molecule has 2 aromatic heterocycles. The zero-order valence-electron chi connectivity index (χ0n) is 19.3. The van der Waals surface area contributed by atoms with E-state index in [4.69, 9.17) is 4.52 Å². The molecule has 1 saturated heterocycles. The molecule has 0 atom stereocenters. The van der Waals surface area contributed by atoms with Crippen LogP contribution in [0.3, 0.4) is 0 Å². The van der Waals surface area contributed by atoms with Gasteiger partial charge in [0, 0.05) is 43.6 Å². The topological polar surface area (TPSA) is 89.9 Å². The Morgan fingerprint density at radius 2 is 1.91 bits per heavy atom. The summed E-state index contributed by atoms with van der Waals surface area (Å²) >= 11 is 0. The fraction of sp³-hybridized carbons (Fsp3) is 0.346. The Morgan fingerprint density at radius 1 is 1.09 bits per heavy atom. The summed E-state index contributed by atoms with van der Waals surface area (Å²) in [6.45, 7) is 3.56. The second-order valence-corrected chi connectivity index (χ2v) is 8.86. The first-order chi connectivity index (χ1) is 16.7. The largest absolute Gasteiger partial charge is 0.343 e. The van der Waals surface area contributed by atoms with Crippen LogP contribution < -0.4 is 0 Å². The zero-order chi connectivity index (χ0) is 23.3. The van der Waals surface area contributed by atoms with Gasteiger partial charge < -0.3 is 9.42 Å². The van der Waals surface area contributed by atoms with E-state index in [0.29, 0.717) is 30.5 Å². The number of nitrogens with zero attached hydrogens (tertiary/aromatic N) is 6. The van der Waals surface area contributed by atoms with Crippen molar-refractivity contribution >= 4 is 5.91 Å². The number of hydrogen-bond donors (Lipinski definition) is 0. The molecule has 3 heterocycles. The number of aryl methyl sites for hydroxylation is 2. The van der Waals surface area contributed by atoms with Gasteiger partial charge in [-0.2, -0.15) is 4.98 Å². The second-order valence-electron chi connectivity index (χ2n) is 8.86. The van der Waals surface area contributed by atoms with Crippen molar-refractivity contribution in [2.24, 2.45) is 5.92 Å². The predicted molar refractivity (Wildman–Crippen MR) is 127 cm³/mol. The van der Waals surface area contributed by atoms with Crippen molar-refractivity contribution in [1.29, 1.82) is 0 Å². The summed E-state index contributed by atoms with van der Waals surface area (Å²) in [5.41, 5.74) is 3.14.